The Bertz CT molecular complexity index is 3450. The lowest BCUT2D eigenvalue weighted by Gasteiger charge is -2.36. The minimum Gasteiger partial charge on any atom is -0.354 e. The molecule has 0 unspecified atom stereocenters. The van der Waals surface area contributed by atoms with Gasteiger partial charge in [-0.2, -0.15) is 0 Å². The summed E-state index contributed by atoms with van der Waals surface area (Å²) in [5, 5.41) is 0. The summed E-state index contributed by atoms with van der Waals surface area (Å²) >= 11 is 0. The molecule has 0 bridgehead atoms. The van der Waals surface area contributed by atoms with Crippen molar-refractivity contribution in [1.82, 2.24) is 39.5 Å². The lowest BCUT2D eigenvalue weighted by Crippen LogP contribution is -2.39. The molecule has 8 heterocycles. The minimum absolute atomic E-state index is 0.279. The maximum atomic E-state index is 5.35. The third-order valence-corrected chi connectivity index (χ3v) is 14.2. The summed E-state index contributed by atoms with van der Waals surface area (Å²) in [5.74, 6) is 0.279. The third-order valence-electron chi connectivity index (χ3n) is 14.2. The zero-order chi connectivity index (χ0) is 44.2. The van der Waals surface area contributed by atoms with Crippen molar-refractivity contribution < 1.29 is 4.57 Å². The number of hydrogen-bond donors (Lipinski definition) is 0. The van der Waals surface area contributed by atoms with Gasteiger partial charge in [-0.15, -0.1) is 0 Å². The molecule has 13 rings (SSSR count). The van der Waals surface area contributed by atoms with Gasteiger partial charge in [0.2, 0.25) is 6.33 Å². The number of aromatic nitrogens is 9. The molecule has 0 atom stereocenters. The highest BCUT2D eigenvalue weighted by Crippen LogP contribution is 2.59. The Kier molecular flexibility index (Phi) is 8.16. The largest absolute Gasteiger partial charge is 0.354 e. The Labute approximate surface area is 382 Å². The van der Waals surface area contributed by atoms with Crippen LogP contribution in [-0.4, -0.2) is 39.5 Å². The van der Waals surface area contributed by atoms with Gasteiger partial charge in [0.25, 0.3) is 0 Å². The first kappa shape index (κ1) is 38.2. The number of hydrogen-bond acceptors (Lipinski definition) is 7. The molecule has 3 aliphatic rings. The van der Waals surface area contributed by atoms with E-state index in [4.69, 9.17) is 34.9 Å². The molecule has 314 valence electrons. The topological polar surface area (TPSA) is 99.0 Å². The molecule has 10 aromatic rings. The molecule has 8 aromatic heterocycles. The van der Waals surface area contributed by atoms with Crippen LogP contribution < -0.4 is 4.57 Å². The van der Waals surface area contributed by atoms with Gasteiger partial charge >= 0.3 is 0 Å². The minimum atomic E-state index is -0.989. The van der Waals surface area contributed by atoms with Gasteiger partial charge in [-0.25, -0.2) is 0 Å². The molecular weight excluding hydrogens is 811 g/mol. The fraction of sp³-hybridized carbons (Fsp3) is 0.123. The summed E-state index contributed by atoms with van der Waals surface area (Å²) in [6.45, 7) is 4.44. The fourth-order valence-corrected chi connectivity index (χ4v) is 11.4. The summed E-state index contributed by atoms with van der Waals surface area (Å²) < 4.78 is 4.08. The Morgan fingerprint density at radius 2 is 0.848 bits per heavy atom. The predicted octanol–water partition coefficient (Wildman–Crippen LogP) is 9.55. The van der Waals surface area contributed by atoms with Crippen LogP contribution in [0.5, 0.6) is 0 Å². The second-order valence-corrected chi connectivity index (χ2v) is 17.8. The van der Waals surface area contributed by atoms with Crippen molar-refractivity contribution >= 4 is 0 Å². The molecule has 0 amide bonds. The van der Waals surface area contributed by atoms with E-state index in [-0.39, 0.29) is 5.92 Å². The van der Waals surface area contributed by atoms with Crippen molar-refractivity contribution in [2.24, 2.45) is 7.05 Å². The molecule has 9 heteroatoms. The summed E-state index contributed by atoms with van der Waals surface area (Å²) in [6, 6.07) is 47.3. The highest BCUT2D eigenvalue weighted by atomic mass is 15.2. The van der Waals surface area contributed by atoms with Crippen LogP contribution in [0.25, 0.3) is 33.4 Å². The Morgan fingerprint density at radius 3 is 1.30 bits per heavy atom. The van der Waals surface area contributed by atoms with Crippen LogP contribution in [0.1, 0.15) is 87.4 Å². The van der Waals surface area contributed by atoms with Crippen molar-refractivity contribution in [2.45, 2.75) is 36.1 Å². The van der Waals surface area contributed by atoms with Crippen LogP contribution >= 0.6 is 0 Å². The zero-order valence-corrected chi connectivity index (χ0v) is 36.5. The summed E-state index contributed by atoms with van der Waals surface area (Å²) in [5.41, 5.74) is 14.8. The number of aryl methyl sites for hydroxylation is 1. The molecule has 66 heavy (non-hydrogen) atoms. The average molecular weight is 852 g/mol. The maximum absolute atomic E-state index is 5.35. The number of pyridine rings is 7. The number of imidazole rings is 1. The van der Waals surface area contributed by atoms with Gasteiger partial charge in [0.1, 0.15) is 22.2 Å². The van der Waals surface area contributed by atoms with Gasteiger partial charge in [0, 0.05) is 82.3 Å². The van der Waals surface area contributed by atoms with E-state index in [1.54, 1.807) is 0 Å². The van der Waals surface area contributed by atoms with E-state index in [0.717, 1.165) is 95.5 Å². The lowest BCUT2D eigenvalue weighted by molar-refractivity contribution is -0.675. The molecule has 0 spiro atoms. The van der Waals surface area contributed by atoms with E-state index < -0.39 is 16.4 Å². The second-order valence-electron chi connectivity index (χ2n) is 17.8. The number of nitrogens with zero attached hydrogens (tertiary/aromatic N) is 9. The van der Waals surface area contributed by atoms with Crippen LogP contribution in [0, 0.1) is 6.33 Å². The van der Waals surface area contributed by atoms with E-state index in [9.17, 15) is 0 Å². The van der Waals surface area contributed by atoms with Gasteiger partial charge in [-0.05, 0) is 95.2 Å². The summed E-state index contributed by atoms with van der Waals surface area (Å²) in [7, 11) is 1.99. The molecule has 0 aliphatic heterocycles. The van der Waals surface area contributed by atoms with Gasteiger partial charge < -0.3 is 9.13 Å². The molecule has 0 saturated carbocycles. The first-order valence-corrected chi connectivity index (χ1v) is 22.4. The quantitative estimate of drug-likeness (QED) is 0.116. The molecule has 0 radical (unpaired) electrons. The monoisotopic (exact) mass is 851 g/mol. The number of fused-ring (bicyclic) bond motifs is 9. The second kappa shape index (κ2) is 14.1. The van der Waals surface area contributed by atoms with Crippen LogP contribution in [0.4, 0.5) is 0 Å². The maximum Gasteiger partial charge on any atom is 0.205 e. The van der Waals surface area contributed by atoms with Crippen LogP contribution in [0.3, 0.4) is 0 Å². The molecule has 3 aliphatic carbocycles. The van der Waals surface area contributed by atoms with Crippen molar-refractivity contribution in [3.05, 3.63) is 263 Å². The highest BCUT2D eigenvalue weighted by molar-refractivity contribution is 5.86. The van der Waals surface area contributed by atoms with E-state index in [1.807, 2.05) is 97.6 Å². The van der Waals surface area contributed by atoms with Crippen molar-refractivity contribution in [2.75, 3.05) is 0 Å². The lowest BCUT2D eigenvalue weighted by atomic mass is 9.67. The third kappa shape index (κ3) is 4.89. The molecule has 0 N–H and O–H groups in total. The van der Waals surface area contributed by atoms with E-state index in [2.05, 4.69) is 128 Å². The van der Waals surface area contributed by atoms with Crippen molar-refractivity contribution in [3.8, 4) is 33.4 Å². The Hall–Kier alpha value is -8.30. The first-order chi connectivity index (χ1) is 32.5. The summed E-state index contributed by atoms with van der Waals surface area (Å²) in [6.07, 6.45) is 21.0. The standard InChI is InChI=1S/C57H41N9/c1-36(2)37-22-29-58-48(32-37)56(51-44(18-8-25-61-51)45-19-9-26-62-52(45)56)40-14-4-12-38(33-40)55(49-42(16-6-23-59-49)43-17-7-24-60-50(43)55)39-13-5-15-41(34-39)57(66-31-30-65(3)35-66)53-46(20-10-27-63-53)47-21-11-28-64-54(47)57/h4-34,36H,1-3H3. The average Bonchev–Trinajstić information content (AvgIpc) is 4.11. The smallest absolute Gasteiger partial charge is 0.205 e. The van der Waals surface area contributed by atoms with Crippen LogP contribution in [-0.2, 0) is 23.4 Å². The first-order valence-electron chi connectivity index (χ1n) is 22.4. The van der Waals surface area contributed by atoms with Gasteiger partial charge in [-0.1, -0.05) is 92.7 Å². The fourth-order valence-electron chi connectivity index (χ4n) is 11.4. The van der Waals surface area contributed by atoms with Crippen molar-refractivity contribution in [1.29, 1.82) is 0 Å². The molecule has 0 saturated heterocycles. The van der Waals surface area contributed by atoms with E-state index in [0.29, 0.717) is 0 Å². The molecule has 9 nitrogen and oxygen atoms in total. The van der Waals surface area contributed by atoms with Gasteiger partial charge in [-0.3, -0.25) is 34.9 Å². The Balaban J connectivity index is 1.13. The highest BCUT2D eigenvalue weighted by Gasteiger charge is 2.55. The van der Waals surface area contributed by atoms with Crippen LogP contribution in [0.2, 0.25) is 0 Å². The van der Waals surface area contributed by atoms with Gasteiger partial charge in [0.05, 0.1) is 35.5 Å². The van der Waals surface area contributed by atoms with E-state index in [1.165, 1.54) is 5.56 Å². The summed E-state index contributed by atoms with van der Waals surface area (Å²) in [4.78, 5) is 36.8. The van der Waals surface area contributed by atoms with Crippen molar-refractivity contribution in [3.63, 3.8) is 0 Å². The normalized spacial score (nSPS) is 15.1. The van der Waals surface area contributed by atoms with E-state index >= 15 is 0 Å². The molecule has 0 fully saturated rings. The number of benzene rings is 2. The van der Waals surface area contributed by atoms with Gasteiger partial charge in [0.15, 0.2) is 5.54 Å². The number of rotatable bonds is 7. The Morgan fingerprint density at radius 1 is 0.439 bits per heavy atom. The SMILES string of the molecule is CC(C)c1ccnc(C2(c3cccc(C4(c5cccc(C6(n7[c-][n+](C)cc7)c7ncccc7-c7cccnc76)c5)c5ncccc5-c5cccnc54)c3)c3ncccc3-c3cccnc32)c1. The predicted molar refractivity (Wildman–Crippen MR) is 251 cm³/mol. The molecule has 2 aromatic carbocycles. The zero-order valence-electron chi connectivity index (χ0n) is 36.5. The molecular formula is C57H41N9. The van der Waals surface area contributed by atoms with Crippen LogP contribution in [0.15, 0.2) is 189 Å².